The summed E-state index contributed by atoms with van der Waals surface area (Å²) in [6, 6.07) is 16.2. The highest BCUT2D eigenvalue weighted by Gasteiger charge is 2.40. The SMILES string of the molecule is COCCOCCOCCOCCOCCOC(=O)N[C@H](C(=O)N[C@@H](Cc1ccccc1)[C@H](CN(Cc1ccc(-c2ccccn2)cc1)NC(=O)[C@@H](NC(=O)OC)C(C)(C)C)OC(=O)[C@H](CC(C)C)NC(=O)[C@@H](CC(C)C)NC(=O)OC(C)(C)C)C(C)(C)C. The van der Waals surface area contributed by atoms with Crippen LogP contribution in [0.5, 0.6) is 0 Å². The van der Waals surface area contributed by atoms with E-state index in [1.54, 1.807) is 75.6 Å². The third-order valence-electron chi connectivity index (χ3n) is 13.3. The summed E-state index contributed by atoms with van der Waals surface area (Å²) in [4.78, 5) is 103. The van der Waals surface area contributed by atoms with Gasteiger partial charge in [-0.15, -0.1) is 0 Å². The first-order valence-electron chi connectivity index (χ1n) is 30.5. The quantitative estimate of drug-likeness (QED) is 0.0142. The van der Waals surface area contributed by atoms with E-state index in [9.17, 15) is 24.0 Å². The number of hydrogen-bond acceptors (Lipinski definition) is 18. The molecule has 3 rings (SSSR count). The predicted octanol–water partition coefficient (Wildman–Crippen LogP) is 7.32. The minimum Gasteiger partial charge on any atom is -0.457 e. The van der Waals surface area contributed by atoms with Crippen molar-refractivity contribution >= 4 is 42.0 Å². The van der Waals surface area contributed by atoms with Crippen molar-refractivity contribution in [3.63, 3.8) is 0 Å². The van der Waals surface area contributed by atoms with Gasteiger partial charge in [0, 0.05) is 25.4 Å². The number of benzene rings is 2. The highest BCUT2D eigenvalue weighted by atomic mass is 16.6. The van der Waals surface area contributed by atoms with E-state index in [-0.39, 0.29) is 70.6 Å². The fourth-order valence-corrected chi connectivity index (χ4v) is 8.90. The zero-order valence-electron chi connectivity index (χ0n) is 55.2. The maximum Gasteiger partial charge on any atom is 0.408 e. The van der Waals surface area contributed by atoms with E-state index >= 15 is 9.59 Å². The number of nitrogens with one attached hydrogen (secondary N) is 6. The van der Waals surface area contributed by atoms with Crippen molar-refractivity contribution in [2.24, 2.45) is 22.7 Å². The van der Waals surface area contributed by atoms with Crippen molar-refractivity contribution in [1.29, 1.82) is 0 Å². The summed E-state index contributed by atoms with van der Waals surface area (Å²) in [6.45, 7) is 25.9. The van der Waals surface area contributed by atoms with Crippen molar-refractivity contribution in [1.82, 2.24) is 42.0 Å². The lowest BCUT2D eigenvalue weighted by molar-refractivity contribution is -0.158. The zero-order chi connectivity index (χ0) is 66.2. The highest BCUT2D eigenvalue weighted by molar-refractivity contribution is 5.90. The summed E-state index contributed by atoms with van der Waals surface area (Å²) in [5.41, 5.74) is 3.27. The first-order chi connectivity index (χ1) is 42.0. The van der Waals surface area contributed by atoms with E-state index in [4.69, 9.17) is 42.6 Å². The Morgan fingerprint density at radius 2 is 1.06 bits per heavy atom. The number of carbonyl (C=O) groups is 7. The van der Waals surface area contributed by atoms with E-state index in [0.717, 1.165) is 11.3 Å². The van der Waals surface area contributed by atoms with Crippen LogP contribution in [0.1, 0.15) is 114 Å². The second-order valence-corrected chi connectivity index (χ2v) is 25.5. The molecule has 1 aromatic heterocycles. The molecule has 6 amide bonds. The number of ether oxygens (including phenoxy) is 9. The molecule has 0 saturated heterocycles. The summed E-state index contributed by atoms with van der Waals surface area (Å²) in [5, 5.41) is 15.6. The zero-order valence-corrected chi connectivity index (χ0v) is 55.2. The molecule has 3 aromatic rings. The van der Waals surface area contributed by atoms with E-state index in [1.807, 2.05) is 100 Å². The molecule has 1 heterocycles. The number of hydrogen-bond donors (Lipinski definition) is 6. The van der Waals surface area contributed by atoms with Gasteiger partial charge in [-0.25, -0.2) is 24.2 Å². The van der Waals surface area contributed by atoms with Gasteiger partial charge in [-0.2, -0.15) is 0 Å². The molecule has 0 aliphatic heterocycles. The summed E-state index contributed by atoms with van der Waals surface area (Å²) in [5.74, 6) is -3.12. The molecule has 0 bridgehead atoms. The number of esters is 1. The van der Waals surface area contributed by atoms with Gasteiger partial charge in [0.15, 0.2) is 0 Å². The lowest BCUT2D eigenvalue weighted by Crippen LogP contribution is -2.62. The standard InChI is InChI=1S/C65H102N8O16/c1-44(2)39-51(69-62(80)89-65(11,12)13)56(74)68-52(40-45(3)4)59(77)88-53(43-73(72-58(76)55(64(8,9)10)70-60(78)82-15)42-47-24-26-48(27-25-47)49-23-19-20-28-66-49)50(41-46-21-17-16-18-22-46)67-57(75)54(63(5,6)7)71-61(79)87-38-37-86-36-35-85-34-33-84-32-31-83-30-29-81-14/h16-28,44-45,50-55H,29-43H2,1-15H3,(H,67,75)(H,68,74)(H,69,80)(H,70,78)(H,71,79)(H,72,76)/t50-,51+,52-,53-,54+,55+/m0/s1. The average molecular weight is 1250 g/mol. The molecular weight excluding hydrogens is 1150 g/mol. The maximum absolute atomic E-state index is 15.2. The van der Waals surface area contributed by atoms with Crippen molar-refractivity contribution in [2.45, 2.75) is 158 Å². The Bertz CT molecular complexity index is 2580. The van der Waals surface area contributed by atoms with Gasteiger partial charge in [-0.3, -0.25) is 24.8 Å². The summed E-state index contributed by atoms with van der Waals surface area (Å²) in [6.07, 6.45) is -1.92. The third-order valence-corrected chi connectivity index (χ3v) is 13.3. The minimum absolute atomic E-state index is 0.0149. The topological polar surface area (TPSA) is 291 Å². The first-order valence-corrected chi connectivity index (χ1v) is 30.5. The number of amides is 6. The van der Waals surface area contributed by atoms with Gasteiger partial charge in [0.1, 0.15) is 42.5 Å². The second kappa shape index (κ2) is 39.2. The van der Waals surface area contributed by atoms with Crippen molar-refractivity contribution < 1.29 is 76.2 Å². The lowest BCUT2D eigenvalue weighted by Gasteiger charge is -2.37. The van der Waals surface area contributed by atoms with Crippen LogP contribution in [-0.2, 0) is 74.8 Å². The molecule has 0 unspecified atom stereocenters. The van der Waals surface area contributed by atoms with Gasteiger partial charge in [0.05, 0.1) is 84.9 Å². The van der Waals surface area contributed by atoms with Crippen LogP contribution in [0.15, 0.2) is 79.0 Å². The van der Waals surface area contributed by atoms with Crippen LogP contribution in [0.4, 0.5) is 14.4 Å². The molecule has 24 nitrogen and oxygen atoms in total. The van der Waals surface area contributed by atoms with E-state index in [2.05, 4.69) is 37.0 Å². The van der Waals surface area contributed by atoms with Crippen LogP contribution in [0, 0.1) is 22.7 Å². The fourth-order valence-electron chi connectivity index (χ4n) is 8.90. The number of carbonyl (C=O) groups excluding carboxylic acids is 7. The molecule has 89 heavy (non-hydrogen) atoms. The monoisotopic (exact) mass is 1250 g/mol. The fraction of sp³-hybridized carbons (Fsp3) is 0.631. The van der Waals surface area contributed by atoms with E-state index in [1.165, 1.54) is 12.1 Å². The number of alkyl carbamates (subject to hydrolysis) is 3. The normalized spacial score (nSPS) is 13.9. The molecular formula is C65H102N8O16. The molecule has 498 valence electrons. The predicted molar refractivity (Wildman–Crippen MR) is 336 cm³/mol. The largest absolute Gasteiger partial charge is 0.457 e. The summed E-state index contributed by atoms with van der Waals surface area (Å²) < 4.78 is 49.6. The van der Waals surface area contributed by atoms with Crippen LogP contribution in [0.25, 0.3) is 11.3 Å². The summed E-state index contributed by atoms with van der Waals surface area (Å²) >= 11 is 0. The number of hydrazine groups is 1. The molecule has 0 fully saturated rings. The minimum atomic E-state index is -1.37. The Kier molecular flexibility index (Phi) is 33.6. The van der Waals surface area contributed by atoms with Crippen molar-refractivity contribution in [3.05, 3.63) is 90.1 Å². The Morgan fingerprint density at radius 1 is 0.528 bits per heavy atom. The van der Waals surface area contributed by atoms with Gasteiger partial charge < -0.3 is 69.2 Å². The molecule has 6 N–H and O–H groups in total. The van der Waals surface area contributed by atoms with Crippen molar-refractivity contribution in [3.8, 4) is 11.3 Å². The molecule has 2 aromatic carbocycles. The van der Waals surface area contributed by atoms with Crippen molar-refractivity contribution in [2.75, 3.05) is 86.8 Å². The molecule has 6 atom stereocenters. The lowest BCUT2D eigenvalue weighted by atomic mass is 9.85. The number of aromatic nitrogens is 1. The van der Waals surface area contributed by atoms with Gasteiger partial charge in [0.25, 0.3) is 5.91 Å². The van der Waals surface area contributed by atoms with Crippen LogP contribution in [0.3, 0.4) is 0 Å². The second-order valence-electron chi connectivity index (χ2n) is 25.5. The Balaban J connectivity index is 2.11. The Hall–Kier alpha value is -6.96. The first kappa shape index (κ1) is 76.3. The third kappa shape index (κ3) is 31.4. The van der Waals surface area contributed by atoms with Crippen LogP contribution in [0.2, 0.25) is 0 Å². The molecule has 24 heteroatoms. The van der Waals surface area contributed by atoms with Crippen LogP contribution in [-0.4, -0.2) is 181 Å². The number of rotatable bonds is 38. The number of pyridine rings is 1. The molecule has 0 spiro atoms. The van der Waals surface area contributed by atoms with Gasteiger partial charge in [-0.1, -0.05) is 130 Å². The van der Waals surface area contributed by atoms with E-state index in [0.29, 0.717) is 50.8 Å². The summed E-state index contributed by atoms with van der Waals surface area (Å²) in [7, 11) is 2.79. The Labute approximate surface area is 526 Å². The highest BCUT2D eigenvalue weighted by Crippen LogP contribution is 2.24. The van der Waals surface area contributed by atoms with Crippen LogP contribution < -0.4 is 32.0 Å². The van der Waals surface area contributed by atoms with Gasteiger partial charge >= 0.3 is 24.2 Å². The smallest absolute Gasteiger partial charge is 0.408 e. The molecule has 0 radical (unpaired) electrons. The molecule has 0 saturated carbocycles. The molecule has 0 aliphatic rings. The maximum atomic E-state index is 15.2. The number of nitrogens with zero attached hydrogens (tertiary/aromatic N) is 2. The van der Waals surface area contributed by atoms with Gasteiger partial charge in [-0.05, 0) is 86.0 Å². The van der Waals surface area contributed by atoms with E-state index < -0.39 is 94.7 Å². The number of methoxy groups -OCH3 is 2. The van der Waals surface area contributed by atoms with Gasteiger partial charge in [0.2, 0.25) is 11.8 Å². The molecule has 0 aliphatic carbocycles. The Morgan fingerprint density at radius 3 is 1.57 bits per heavy atom. The van der Waals surface area contributed by atoms with Crippen LogP contribution >= 0.6 is 0 Å². The average Bonchev–Trinajstić information content (AvgIpc) is 1.57.